The molecule has 10 heteroatoms. The Morgan fingerprint density at radius 2 is 1.40 bits per heavy atom. The molecule has 0 fully saturated rings. The molecule has 0 unspecified atom stereocenters. The van der Waals surface area contributed by atoms with Crippen LogP contribution in [0, 0.1) is 0 Å². The predicted octanol–water partition coefficient (Wildman–Crippen LogP) is 6.10. The minimum Gasteiger partial charge on any atom is -0.542 e. The summed E-state index contributed by atoms with van der Waals surface area (Å²) >= 11 is 0. The molecule has 1 amide bonds. The van der Waals surface area contributed by atoms with E-state index in [0.29, 0.717) is 17.9 Å². The molecular weight excluding hydrogens is 491 g/mol. The monoisotopic (exact) mass is 525 g/mol. The van der Waals surface area contributed by atoms with Crippen molar-refractivity contribution in [2.75, 3.05) is 13.7 Å². The molecule has 0 radical (unpaired) electrons. The molecule has 1 heterocycles. The highest BCUT2D eigenvalue weighted by Crippen LogP contribution is 2.44. The Balaban J connectivity index is 2.02. The fourth-order valence-electron chi connectivity index (χ4n) is 4.18. The van der Waals surface area contributed by atoms with Gasteiger partial charge in [0.2, 0.25) is 16.6 Å². The molecule has 0 aliphatic carbocycles. The first-order chi connectivity index (χ1) is 16.1. The Bertz CT molecular complexity index is 1070. The van der Waals surface area contributed by atoms with Crippen molar-refractivity contribution in [3.8, 4) is 11.5 Å². The van der Waals surface area contributed by atoms with Gasteiger partial charge in [0, 0.05) is 25.8 Å². The molecule has 0 N–H and O–H groups in total. The second-order valence-electron chi connectivity index (χ2n) is 10.7. The molecule has 2 aromatic carbocycles. The van der Waals surface area contributed by atoms with Crippen molar-refractivity contribution in [3.63, 3.8) is 0 Å². The third-order valence-corrected chi connectivity index (χ3v) is 7.25. The van der Waals surface area contributed by atoms with Crippen LogP contribution in [0.4, 0.5) is 13.2 Å². The fraction of sp³-hybridized carbons (Fsp3) is 0.480. The number of carbonyl (C=O) groups excluding carboxylic acids is 1. The lowest BCUT2D eigenvalue weighted by atomic mass is 9.89. The van der Waals surface area contributed by atoms with E-state index in [2.05, 4.69) is 39.3 Å². The number of methoxy groups -OCH3 is 1. The van der Waals surface area contributed by atoms with Crippen molar-refractivity contribution in [3.05, 3.63) is 59.2 Å². The van der Waals surface area contributed by atoms with Gasteiger partial charge in [-0.2, -0.15) is 13.2 Å². The maximum Gasteiger partial charge on any atom is 0.430 e. The first-order valence-electron chi connectivity index (χ1n) is 11.6. The van der Waals surface area contributed by atoms with Crippen LogP contribution in [0.2, 0.25) is 39.3 Å². The molecule has 2 aromatic rings. The normalized spacial score (nSPS) is 16.3. The van der Waals surface area contributed by atoms with Crippen molar-refractivity contribution >= 4 is 22.5 Å². The zero-order valence-electron chi connectivity index (χ0n) is 21.4. The number of hydrogen-bond acceptors (Lipinski definition) is 4. The molecule has 0 aromatic heterocycles. The highest BCUT2D eigenvalue weighted by Gasteiger charge is 2.63. The number of nitrogens with zero attached hydrogens (tertiary/aromatic N) is 1. The molecule has 192 valence electrons. The molecule has 1 aliphatic rings. The Morgan fingerprint density at radius 1 is 0.886 bits per heavy atom. The molecule has 1 aliphatic heterocycles. The van der Waals surface area contributed by atoms with Gasteiger partial charge in [-0.15, -0.1) is 0 Å². The summed E-state index contributed by atoms with van der Waals surface area (Å²) in [6.45, 7) is 12.6. The van der Waals surface area contributed by atoms with E-state index in [9.17, 15) is 18.0 Å². The Morgan fingerprint density at radius 3 is 1.86 bits per heavy atom. The van der Waals surface area contributed by atoms with E-state index in [1.807, 2.05) is 12.1 Å². The van der Waals surface area contributed by atoms with Crippen LogP contribution in [-0.4, -0.2) is 47.3 Å². The molecule has 1 atom stereocenters. The second-order valence-corrected chi connectivity index (χ2v) is 19.6. The number of ether oxygens (including phenoxy) is 1. The van der Waals surface area contributed by atoms with Crippen LogP contribution in [0.25, 0.3) is 0 Å². The zero-order valence-corrected chi connectivity index (χ0v) is 23.4. The number of amides is 1. The Hall–Kier alpha value is -2.31. The van der Waals surface area contributed by atoms with Crippen LogP contribution in [0.5, 0.6) is 11.5 Å². The van der Waals surface area contributed by atoms with Gasteiger partial charge in [0.05, 0.1) is 0 Å². The standard InChI is InChI=1S/C25H34F3NO4Si2/c1-31-24(25(26,27)28,20-11-9-8-10-12-20)23(30)29-14-13-18-15-21(32-34(2,3)4)22(16-19(18)17-29)33-35(5,6)7/h8-12,15-16H,13-14,17H2,1-7H3/t24-/m1/s1. The van der Waals surface area contributed by atoms with Crippen LogP contribution in [0.1, 0.15) is 16.7 Å². The van der Waals surface area contributed by atoms with Crippen molar-refractivity contribution in [2.24, 2.45) is 0 Å². The Kier molecular flexibility index (Phi) is 7.50. The van der Waals surface area contributed by atoms with Gasteiger partial charge in [0.25, 0.3) is 11.5 Å². The number of hydrogen-bond donors (Lipinski definition) is 0. The molecule has 0 saturated carbocycles. The molecule has 5 nitrogen and oxygen atoms in total. The molecule has 0 bridgehead atoms. The fourth-order valence-corrected chi connectivity index (χ4v) is 5.82. The average Bonchev–Trinajstić information content (AvgIpc) is 2.72. The van der Waals surface area contributed by atoms with Crippen molar-refractivity contribution in [1.29, 1.82) is 0 Å². The molecule has 0 spiro atoms. The summed E-state index contributed by atoms with van der Waals surface area (Å²) < 4.78 is 60.8. The number of halogens is 3. The summed E-state index contributed by atoms with van der Waals surface area (Å²) in [7, 11) is -3.02. The Labute approximate surface area is 207 Å². The number of alkyl halides is 3. The van der Waals surface area contributed by atoms with Gasteiger partial charge < -0.3 is 18.5 Å². The molecule has 0 saturated heterocycles. The quantitative estimate of drug-likeness (QED) is 0.410. The molecule has 3 rings (SSSR count). The second kappa shape index (κ2) is 9.63. The lowest BCUT2D eigenvalue weighted by Crippen LogP contribution is -2.57. The van der Waals surface area contributed by atoms with E-state index in [1.165, 1.54) is 29.2 Å². The van der Waals surface area contributed by atoms with E-state index in [-0.39, 0.29) is 18.7 Å². The van der Waals surface area contributed by atoms with E-state index in [1.54, 1.807) is 6.07 Å². The van der Waals surface area contributed by atoms with Crippen LogP contribution < -0.4 is 8.85 Å². The summed E-state index contributed by atoms with van der Waals surface area (Å²) in [4.78, 5) is 14.7. The number of rotatable bonds is 7. The average molecular weight is 526 g/mol. The van der Waals surface area contributed by atoms with Gasteiger partial charge in [-0.3, -0.25) is 4.79 Å². The van der Waals surface area contributed by atoms with E-state index in [0.717, 1.165) is 18.2 Å². The lowest BCUT2D eigenvalue weighted by Gasteiger charge is -2.39. The number of carbonyl (C=O) groups is 1. The van der Waals surface area contributed by atoms with Gasteiger partial charge in [-0.25, -0.2) is 0 Å². The van der Waals surface area contributed by atoms with Gasteiger partial charge in [0.1, 0.15) is 11.5 Å². The summed E-state index contributed by atoms with van der Waals surface area (Å²) in [5.41, 5.74) is -1.63. The van der Waals surface area contributed by atoms with Crippen LogP contribution in [0.15, 0.2) is 42.5 Å². The van der Waals surface area contributed by atoms with Gasteiger partial charge in [-0.05, 0) is 69.0 Å². The summed E-state index contributed by atoms with van der Waals surface area (Å²) in [6.07, 6.45) is -4.54. The van der Waals surface area contributed by atoms with Crippen LogP contribution >= 0.6 is 0 Å². The predicted molar refractivity (Wildman–Crippen MR) is 135 cm³/mol. The third-order valence-electron chi connectivity index (χ3n) is 5.58. The van der Waals surface area contributed by atoms with Gasteiger partial charge in [-0.1, -0.05) is 30.3 Å². The van der Waals surface area contributed by atoms with Crippen LogP contribution in [0.3, 0.4) is 0 Å². The first-order valence-corrected chi connectivity index (χ1v) is 18.4. The van der Waals surface area contributed by atoms with E-state index < -0.39 is 34.3 Å². The zero-order chi connectivity index (χ0) is 26.2. The van der Waals surface area contributed by atoms with Crippen LogP contribution in [-0.2, 0) is 28.1 Å². The van der Waals surface area contributed by atoms with Gasteiger partial charge in [0.15, 0.2) is 0 Å². The summed E-state index contributed by atoms with van der Waals surface area (Å²) in [6, 6.07) is 10.8. The maximum absolute atomic E-state index is 14.4. The minimum atomic E-state index is -4.94. The first kappa shape index (κ1) is 27.3. The largest absolute Gasteiger partial charge is 0.542 e. The van der Waals surface area contributed by atoms with Crippen molar-refractivity contribution in [2.45, 2.75) is 64.0 Å². The molecular formula is C25H34F3NO4Si2. The third kappa shape index (κ3) is 5.92. The van der Waals surface area contributed by atoms with Crippen molar-refractivity contribution in [1.82, 2.24) is 4.90 Å². The van der Waals surface area contributed by atoms with E-state index in [4.69, 9.17) is 13.6 Å². The number of benzene rings is 2. The maximum atomic E-state index is 14.4. The highest BCUT2D eigenvalue weighted by molar-refractivity contribution is 6.71. The van der Waals surface area contributed by atoms with Gasteiger partial charge >= 0.3 is 6.18 Å². The summed E-state index contributed by atoms with van der Waals surface area (Å²) in [5.74, 6) is 0.118. The van der Waals surface area contributed by atoms with E-state index >= 15 is 0 Å². The van der Waals surface area contributed by atoms with Crippen molar-refractivity contribution < 1.29 is 31.6 Å². The highest BCUT2D eigenvalue weighted by atomic mass is 28.4. The molecule has 35 heavy (non-hydrogen) atoms. The lowest BCUT2D eigenvalue weighted by molar-refractivity contribution is -0.270. The smallest absolute Gasteiger partial charge is 0.430 e. The summed E-state index contributed by atoms with van der Waals surface area (Å²) in [5, 5.41) is 0. The topological polar surface area (TPSA) is 48.0 Å². The number of fused-ring (bicyclic) bond motifs is 1. The minimum absolute atomic E-state index is 0.0253. The SMILES string of the molecule is CO[C@@](C(=O)N1CCc2cc(O[Si](C)(C)C)c(O[Si](C)(C)C)cc2C1)(c1ccccc1)C(F)(F)F.